The Kier molecular flexibility index (Phi) is 5.87. The molecule has 7 heteroatoms. The maximum absolute atomic E-state index is 12.3. The Morgan fingerprint density at radius 2 is 1.62 bits per heavy atom. The maximum Gasteiger partial charge on any atom is 0.325 e. The lowest BCUT2D eigenvalue weighted by molar-refractivity contribution is -0.138. The fraction of sp³-hybridized carbons (Fsp3) is 0.182. The maximum atomic E-state index is 12.3. The number of carbonyl (C=O) groups is 2. The van der Waals surface area contributed by atoms with Crippen LogP contribution in [0.4, 0.5) is 0 Å². The zero-order valence-corrected chi connectivity index (χ0v) is 16.1. The Bertz CT molecular complexity index is 1030. The summed E-state index contributed by atoms with van der Waals surface area (Å²) < 4.78 is 0. The predicted octanol–water partition coefficient (Wildman–Crippen LogP) is 2.95. The molecule has 3 rings (SSSR count). The lowest BCUT2D eigenvalue weighted by Gasteiger charge is -2.12. The SMILES string of the molecule is Cc1nc(Cc2ccc(-c3ccccc3)cc2)nc(C(=O)N[C@H](C)C(=O)O)c1O. The Morgan fingerprint density at radius 1 is 1.00 bits per heavy atom. The Morgan fingerprint density at radius 3 is 2.24 bits per heavy atom. The van der Waals surface area contributed by atoms with Gasteiger partial charge in [0.1, 0.15) is 11.9 Å². The van der Waals surface area contributed by atoms with Crippen LogP contribution in [0, 0.1) is 6.92 Å². The largest absolute Gasteiger partial charge is 0.504 e. The molecule has 3 N–H and O–H groups in total. The van der Waals surface area contributed by atoms with Gasteiger partial charge in [-0.05, 0) is 30.5 Å². The zero-order chi connectivity index (χ0) is 21.0. The van der Waals surface area contributed by atoms with Gasteiger partial charge in [-0.2, -0.15) is 0 Å². The van der Waals surface area contributed by atoms with Crippen molar-refractivity contribution in [2.45, 2.75) is 26.3 Å². The van der Waals surface area contributed by atoms with Gasteiger partial charge in [-0.15, -0.1) is 0 Å². The van der Waals surface area contributed by atoms with Crippen LogP contribution in [0.25, 0.3) is 11.1 Å². The van der Waals surface area contributed by atoms with E-state index >= 15 is 0 Å². The molecule has 2 aromatic carbocycles. The molecule has 0 aliphatic rings. The quantitative estimate of drug-likeness (QED) is 0.596. The molecule has 1 amide bonds. The minimum Gasteiger partial charge on any atom is -0.504 e. The summed E-state index contributed by atoms with van der Waals surface area (Å²) in [6, 6.07) is 16.8. The number of benzene rings is 2. The molecule has 0 fully saturated rings. The van der Waals surface area contributed by atoms with Crippen molar-refractivity contribution < 1.29 is 19.8 Å². The van der Waals surface area contributed by atoms with Gasteiger partial charge < -0.3 is 15.5 Å². The first-order valence-corrected chi connectivity index (χ1v) is 9.09. The van der Waals surface area contributed by atoms with Crippen molar-refractivity contribution in [3.05, 3.63) is 77.4 Å². The third kappa shape index (κ3) is 4.76. The number of amides is 1. The van der Waals surface area contributed by atoms with Crippen LogP contribution in [0.1, 0.15) is 34.5 Å². The highest BCUT2D eigenvalue weighted by Gasteiger charge is 2.21. The van der Waals surface area contributed by atoms with Gasteiger partial charge in [0, 0.05) is 6.42 Å². The monoisotopic (exact) mass is 391 g/mol. The summed E-state index contributed by atoms with van der Waals surface area (Å²) >= 11 is 0. The van der Waals surface area contributed by atoms with E-state index in [1.54, 1.807) is 6.92 Å². The van der Waals surface area contributed by atoms with E-state index in [9.17, 15) is 14.7 Å². The van der Waals surface area contributed by atoms with E-state index in [4.69, 9.17) is 5.11 Å². The number of hydrogen-bond donors (Lipinski definition) is 3. The molecule has 0 bridgehead atoms. The van der Waals surface area contributed by atoms with Crippen LogP contribution in [0.3, 0.4) is 0 Å². The third-order valence-corrected chi connectivity index (χ3v) is 4.46. The molecule has 0 saturated carbocycles. The van der Waals surface area contributed by atoms with Crippen molar-refractivity contribution in [1.82, 2.24) is 15.3 Å². The van der Waals surface area contributed by atoms with Gasteiger partial charge in [-0.1, -0.05) is 54.6 Å². The molecule has 3 aromatic rings. The molecule has 0 aliphatic heterocycles. The highest BCUT2D eigenvalue weighted by Crippen LogP contribution is 2.22. The van der Waals surface area contributed by atoms with Crippen LogP contribution in [0.2, 0.25) is 0 Å². The van der Waals surface area contributed by atoms with Crippen molar-refractivity contribution in [3.8, 4) is 16.9 Å². The number of aryl methyl sites for hydroxylation is 1. The summed E-state index contributed by atoms with van der Waals surface area (Å²) in [4.78, 5) is 31.7. The van der Waals surface area contributed by atoms with Gasteiger partial charge in [-0.3, -0.25) is 9.59 Å². The summed E-state index contributed by atoms with van der Waals surface area (Å²) in [7, 11) is 0. The molecule has 1 atom stereocenters. The molecule has 0 aliphatic carbocycles. The highest BCUT2D eigenvalue weighted by molar-refractivity contribution is 5.97. The summed E-state index contributed by atoms with van der Waals surface area (Å²) in [5.41, 5.74) is 3.16. The topological polar surface area (TPSA) is 112 Å². The average Bonchev–Trinajstić information content (AvgIpc) is 2.71. The van der Waals surface area contributed by atoms with Gasteiger partial charge in [0.25, 0.3) is 5.91 Å². The second kappa shape index (κ2) is 8.52. The van der Waals surface area contributed by atoms with E-state index < -0.39 is 17.9 Å². The standard InChI is InChI=1S/C22H21N3O4/c1-13-20(26)19(21(27)24-14(2)22(28)29)25-18(23-13)12-15-8-10-17(11-9-15)16-6-4-3-5-7-16/h3-11,14,26H,12H2,1-2H3,(H,24,27)(H,28,29)/t14-/m1/s1. The second-order valence-electron chi connectivity index (χ2n) is 6.70. The molecule has 29 heavy (non-hydrogen) atoms. The number of carbonyl (C=O) groups excluding carboxylic acids is 1. The predicted molar refractivity (Wildman–Crippen MR) is 108 cm³/mol. The first-order chi connectivity index (χ1) is 13.8. The number of nitrogens with one attached hydrogen (secondary N) is 1. The van der Waals surface area contributed by atoms with Gasteiger partial charge in [0.15, 0.2) is 11.4 Å². The lowest BCUT2D eigenvalue weighted by atomic mass is 10.0. The number of carboxylic acid groups (broad SMARTS) is 1. The highest BCUT2D eigenvalue weighted by atomic mass is 16.4. The summed E-state index contributed by atoms with van der Waals surface area (Å²) in [5.74, 6) is -1.94. The number of rotatable bonds is 6. The third-order valence-electron chi connectivity index (χ3n) is 4.46. The molecule has 0 radical (unpaired) electrons. The Labute approximate surface area is 168 Å². The molecule has 0 unspecified atom stereocenters. The number of carboxylic acids is 1. The summed E-state index contributed by atoms with van der Waals surface area (Å²) in [6.45, 7) is 2.90. The summed E-state index contributed by atoms with van der Waals surface area (Å²) in [6.07, 6.45) is 0.366. The van der Waals surface area contributed by atoms with Crippen LogP contribution in [0.15, 0.2) is 54.6 Å². The lowest BCUT2D eigenvalue weighted by Crippen LogP contribution is -2.38. The van der Waals surface area contributed by atoms with Gasteiger partial charge >= 0.3 is 5.97 Å². The minimum absolute atomic E-state index is 0.235. The Hall–Kier alpha value is -3.74. The molecule has 7 nitrogen and oxygen atoms in total. The van der Waals surface area contributed by atoms with Crippen molar-refractivity contribution >= 4 is 11.9 Å². The smallest absolute Gasteiger partial charge is 0.325 e. The van der Waals surface area contributed by atoms with E-state index in [1.165, 1.54) is 6.92 Å². The molecule has 0 saturated heterocycles. The molecule has 148 valence electrons. The van der Waals surface area contributed by atoms with Gasteiger partial charge in [0.05, 0.1) is 5.69 Å². The molecular weight excluding hydrogens is 370 g/mol. The van der Waals surface area contributed by atoms with Crippen molar-refractivity contribution in [3.63, 3.8) is 0 Å². The van der Waals surface area contributed by atoms with E-state index in [1.807, 2.05) is 54.6 Å². The molecule has 1 aromatic heterocycles. The van der Waals surface area contributed by atoms with Gasteiger partial charge in [-0.25, -0.2) is 9.97 Å². The molecule has 0 spiro atoms. The Balaban J connectivity index is 1.81. The molecular formula is C22H21N3O4. The van der Waals surface area contributed by atoms with Gasteiger partial charge in [0.2, 0.25) is 0 Å². The number of aromatic hydroxyl groups is 1. The average molecular weight is 391 g/mol. The van der Waals surface area contributed by atoms with Crippen molar-refractivity contribution in [2.75, 3.05) is 0 Å². The fourth-order valence-electron chi connectivity index (χ4n) is 2.82. The zero-order valence-electron chi connectivity index (χ0n) is 16.1. The first-order valence-electron chi connectivity index (χ1n) is 9.09. The van der Waals surface area contributed by atoms with E-state index in [2.05, 4.69) is 15.3 Å². The van der Waals surface area contributed by atoms with Crippen LogP contribution in [0.5, 0.6) is 5.75 Å². The first kappa shape index (κ1) is 20.0. The van der Waals surface area contributed by atoms with Crippen LogP contribution in [-0.2, 0) is 11.2 Å². The summed E-state index contributed by atoms with van der Waals surface area (Å²) in [5, 5.41) is 21.4. The van der Waals surface area contributed by atoms with Crippen molar-refractivity contribution in [2.24, 2.45) is 0 Å². The normalized spacial score (nSPS) is 11.7. The van der Waals surface area contributed by atoms with E-state index in [0.29, 0.717) is 12.2 Å². The number of aromatic nitrogens is 2. The molecule has 1 heterocycles. The van der Waals surface area contributed by atoms with E-state index in [0.717, 1.165) is 16.7 Å². The minimum atomic E-state index is -1.18. The fourth-order valence-corrected chi connectivity index (χ4v) is 2.82. The van der Waals surface area contributed by atoms with Crippen LogP contribution < -0.4 is 5.32 Å². The second-order valence-corrected chi connectivity index (χ2v) is 6.70. The van der Waals surface area contributed by atoms with E-state index in [-0.39, 0.29) is 17.1 Å². The van der Waals surface area contributed by atoms with Crippen molar-refractivity contribution in [1.29, 1.82) is 0 Å². The number of aliphatic carboxylic acids is 1. The van der Waals surface area contributed by atoms with Crippen LogP contribution >= 0.6 is 0 Å². The number of hydrogen-bond acceptors (Lipinski definition) is 5. The number of nitrogens with zero attached hydrogens (tertiary/aromatic N) is 2. The van der Waals surface area contributed by atoms with Crippen LogP contribution in [-0.4, -0.2) is 38.1 Å².